The van der Waals surface area contributed by atoms with E-state index >= 15 is 0 Å². The van der Waals surface area contributed by atoms with E-state index in [1.165, 1.54) is 22.2 Å². The Bertz CT molecular complexity index is 720. The highest BCUT2D eigenvalue weighted by Gasteiger charge is 2.03. The lowest BCUT2D eigenvalue weighted by Gasteiger charge is -2.07. The standard InChI is InChI=1S/C15H16N4OS/c20-14(18-15-17-8-11-21-15)16-7-3-9-19-10-6-12-4-1-2-5-13(12)19/h1-2,4-6,8,10-11H,3,7,9H2,(H2,16,17,18,20). The van der Waals surface area contributed by atoms with Gasteiger partial charge in [0.1, 0.15) is 0 Å². The highest BCUT2D eigenvalue weighted by molar-refractivity contribution is 7.13. The summed E-state index contributed by atoms with van der Waals surface area (Å²) in [5.41, 5.74) is 1.23. The molecule has 3 aromatic rings. The molecule has 0 spiro atoms. The van der Waals surface area contributed by atoms with Gasteiger partial charge in [0.05, 0.1) is 0 Å². The molecule has 3 rings (SSSR count). The minimum atomic E-state index is -0.206. The molecule has 108 valence electrons. The minimum Gasteiger partial charge on any atom is -0.347 e. The van der Waals surface area contributed by atoms with Gasteiger partial charge in [0, 0.05) is 36.4 Å². The highest BCUT2D eigenvalue weighted by Crippen LogP contribution is 2.15. The van der Waals surface area contributed by atoms with E-state index in [-0.39, 0.29) is 6.03 Å². The van der Waals surface area contributed by atoms with Gasteiger partial charge in [-0.25, -0.2) is 9.78 Å². The lowest BCUT2D eigenvalue weighted by atomic mass is 10.2. The number of urea groups is 1. The summed E-state index contributed by atoms with van der Waals surface area (Å²) >= 11 is 1.40. The van der Waals surface area contributed by atoms with Crippen molar-refractivity contribution in [3.63, 3.8) is 0 Å². The van der Waals surface area contributed by atoms with Crippen molar-refractivity contribution in [3.05, 3.63) is 48.1 Å². The second-order valence-corrected chi connectivity index (χ2v) is 5.53. The zero-order valence-corrected chi connectivity index (χ0v) is 12.3. The van der Waals surface area contributed by atoms with Crippen LogP contribution in [0, 0.1) is 0 Å². The maximum Gasteiger partial charge on any atom is 0.321 e. The third kappa shape index (κ3) is 3.41. The molecule has 21 heavy (non-hydrogen) atoms. The Morgan fingerprint density at radius 2 is 2.19 bits per heavy atom. The fraction of sp³-hybridized carbons (Fsp3) is 0.200. The molecular formula is C15H16N4OS. The van der Waals surface area contributed by atoms with Crippen LogP contribution in [0.15, 0.2) is 48.1 Å². The Kier molecular flexibility index (Phi) is 4.16. The number of hydrogen-bond acceptors (Lipinski definition) is 3. The van der Waals surface area contributed by atoms with Crippen molar-refractivity contribution in [1.82, 2.24) is 14.9 Å². The first-order chi connectivity index (χ1) is 10.3. The van der Waals surface area contributed by atoms with Gasteiger partial charge in [-0.2, -0.15) is 0 Å². The third-order valence-corrected chi connectivity index (χ3v) is 3.88. The van der Waals surface area contributed by atoms with Gasteiger partial charge in [-0.15, -0.1) is 11.3 Å². The Morgan fingerprint density at radius 3 is 3.05 bits per heavy atom. The van der Waals surface area contributed by atoms with Crippen LogP contribution in [0.5, 0.6) is 0 Å². The largest absolute Gasteiger partial charge is 0.347 e. The molecule has 0 atom stereocenters. The van der Waals surface area contributed by atoms with E-state index in [1.54, 1.807) is 6.20 Å². The molecular weight excluding hydrogens is 284 g/mol. The van der Waals surface area contributed by atoms with Crippen molar-refractivity contribution >= 4 is 33.4 Å². The molecule has 1 aromatic carbocycles. The van der Waals surface area contributed by atoms with Crippen LogP contribution in [-0.4, -0.2) is 22.1 Å². The second kappa shape index (κ2) is 6.41. The van der Waals surface area contributed by atoms with E-state index < -0.39 is 0 Å². The molecule has 0 saturated carbocycles. The summed E-state index contributed by atoms with van der Waals surface area (Å²) in [4.78, 5) is 15.6. The van der Waals surface area contributed by atoms with Gasteiger partial charge in [-0.1, -0.05) is 18.2 Å². The van der Waals surface area contributed by atoms with Crippen LogP contribution in [0.4, 0.5) is 9.93 Å². The van der Waals surface area contributed by atoms with E-state index in [9.17, 15) is 4.79 Å². The summed E-state index contributed by atoms with van der Waals surface area (Å²) in [7, 11) is 0. The van der Waals surface area contributed by atoms with Gasteiger partial charge in [-0.05, 0) is 23.9 Å². The summed E-state index contributed by atoms with van der Waals surface area (Å²) in [5.74, 6) is 0. The van der Waals surface area contributed by atoms with Crippen molar-refractivity contribution in [2.45, 2.75) is 13.0 Å². The van der Waals surface area contributed by atoms with Gasteiger partial charge in [0.25, 0.3) is 0 Å². The number of hydrogen-bond donors (Lipinski definition) is 2. The molecule has 0 unspecified atom stereocenters. The number of carbonyl (C=O) groups excluding carboxylic acids is 1. The number of aromatic nitrogens is 2. The fourth-order valence-corrected chi connectivity index (χ4v) is 2.74. The number of nitrogens with zero attached hydrogens (tertiary/aromatic N) is 2. The third-order valence-electron chi connectivity index (χ3n) is 3.19. The lowest BCUT2D eigenvalue weighted by molar-refractivity contribution is 0.252. The highest BCUT2D eigenvalue weighted by atomic mass is 32.1. The lowest BCUT2D eigenvalue weighted by Crippen LogP contribution is -2.29. The Balaban J connectivity index is 1.45. The van der Waals surface area contributed by atoms with Gasteiger partial charge in [0.15, 0.2) is 5.13 Å². The molecule has 0 aliphatic rings. The van der Waals surface area contributed by atoms with E-state index in [0.29, 0.717) is 11.7 Å². The number of anilines is 1. The maximum atomic E-state index is 11.6. The molecule has 2 N–H and O–H groups in total. The van der Waals surface area contributed by atoms with Crippen LogP contribution in [0.3, 0.4) is 0 Å². The minimum absolute atomic E-state index is 0.206. The first-order valence-corrected chi connectivity index (χ1v) is 7.69. The summed E-state index contributed by atoms with van der Waals surface area (Å²) in [5, 5.41) is 9.21. The average Bonchev–Trinajstić information content (AvgIpc) is 3.13. The van der Waals surface area contributed by atoms with Crippen LogP contribution in [0.25, 0.3) is 10.9 Å². The monoisotopic (exact) mass is 300 g/mol. The van der Waals surface area contributed by atoms with Crippen molar-refractivity contribution in [1.29, 1.82) is 0 Å². The van der Waals surface area contributed by atoms with Gasteiger partial charge in [-0.3, -0.25) is 5.32 Å². The number of nitrogens with one attached hydrogen (secondary N) is 2. The van der Waals surface area contributed by atoms with Crippen LogP contribution in [0.1, 0.15) is 6.42 Å². The molecule has 5 nitrogen and oxygen atoms in total. The van der Waals surface area contributed by atoms with Gasteiger partial charge >= 0.3 is 6.03 Å². The molecule has 0 bridgehead atoms. The average molecular weight is 300 g/mol. The van der Waals surface area contributed by atoms with Gasteiger partial charge in [0.2, 0.25) is 0 Å². The quantitative estimate of drug-likeness (QED) is 0.710. The van der Waals surface area contributed by atoms with Crippen LogP contribution >= 0.6 is 11.3 Å². The fourth-order valence-electron chi connectivity index (χ4n) is 2.21. The SMILES string of the molecule is O=C(NCCCn1ccc2ccccc21)Nc1nccs1. The van der Waals surface area contributed by atoms with Gasteiger partial charge < -0.3 is 9.88 Å². The number of carbonyl (C=O) groups is 1. The number of fused-ring (bicyclic) bond motifs is 1. The predicted octanol–water partition coefficient (Wildman–Crippen LogP) is 3.31. The van der Waals surface area contributed by atoms with E-state index in [4.69, 9.17) is 0 Å². The van der Waals surface area contributed by atoms with Crippen LogP contribution < -0.4 is 10.6 Å². The predicted molar refractivity (Wildman–Crippen MR) is 85.7 cm³/mol. The molecule has 2 heterocycles. The Morgan fingerprint density at radius 1 is 1.29 bits per heavy atom. The number of benzene rings is 1. The Hall–Kier alpha value is -2.34. The summed E-state index contributed by atoms with van der Waals surface area (Å²) < 4.78 is 2.20. The first kappa shape index (κ1) is 13.6. The number of aryl methyl sites for hydroxylation is 1. The Labute approximate surface area is 126 Å². The first-order valence-electron chi connectivity index (χ1n) is 6.81. The van der Waals surface area contributed by atoms with Crippen molar-refractivity contribution in [2.24, 2.45) is 0 Å². The van der Waals surface area contributed by atoms with Crippen LogP contribution in [-0.2, 0) is 6.54 Å². The summed E-state index contributed by atoms with van der Waals surface area (Å²) in [6.07, 6.45) is 4.63. The van der Waals surface area contributed by atoms with Crippen molar-refractivity contribution in [3.8, 4) is 0 Å². The second-order valence-electron chi connectivity index (χ2n) is 4.64. The number of thiazole rings is 1. The molecule has 6 heteroatoms. The molecule has 2 aromatic heterocycles. The molecule has 0 saturated heterocycles. The molecule has 2 amide bonds. The molecule has 0 radical (unpaired) electrons. The zero-order valence-electron chi connectivity index (χ0n) is 11.5. The summed E-state index contributed by atoms with van der Waals surface area (Å²) in [6.45, 7) is 1.51. The van der Waals surface area contributed by atoms with E-state index in [1.807, 2.05) is 17.5 Å². The zero-order chi connectivity index (χ0) is 14.5. The van der Waals surface area contributed by atoms with Crippen LogP contribution in [0.2, 0.25) is 0 Å². The number of para-hydroxylation sites is 1. The van der Waals surface area contributed by atoms with Crippen molar-refractivity contribution < 1.29 is 4.79 Å². The van der Waals surface area contributed by atoms with E-state index in [2.05, 4.69) is 44.6 Å². The molecule has 0 aliphatic carbocycles. The molecule has 0 aliphatic heterocycles. The van der Waals surface area contributed by atoms with Crippen molar-refractivity contribution in [2.75, 3.05) is 11.9 Å². The normalized spacial score (nSPS) is 10.7. The maximum absolute atomic E-state index is 11.6. The molecule has 0 fully saturated rings. The summed E-state index contributed by atoms with van der Waals surface area (Å²) in [6, 6.07) is 10.2. The smallest absolute Gasteiger partial charge is 0.321 e. The van der Waals surface area contributed by atoms with E-state index in [0.717, 1.165) is 13.0 Å². The number of rotatable bonds is 5. The topological polar surface area (TPSA) is 59.0 Å². The number of amides is 2.